The summed E-state index contributed by atoms with van der Waals surface area (Å²) in [5.74, 6) is -0.318. The summed E-state index contributed by atoms with van der Waals surface area (Å²) < 4.78 is 5.84. The average Bonchev–Trinajstić information content (AvgIpc) is 2.59. The van der Waals surface area contributed by atoms with Gasteiger partial charge in [-0.05, 0) is 31.5 Å². The zero-order valence-corrected chi connectivity index (χ0v) is 14.1. The zero-order valence-electron chi connectivity index (χ0n) is 14.1. The van der Waals surface area contributed by atoms with Gasteiger partial charge in [0, 0.05) is 31.6 Å². The fourth-order valence-electron chi connectivity index (χ4n) is 3.70. The van der Waals surface area contributed by atoms with Crippen molar-refractivity contribution < 1.29 is 14.3 Å². The molecule has 0 spiro atoms. The lowest BCUT2D eigenvalue weighted by atomic mass is 9.97. The van der Waals surface area contributed by atoms with Crippen molar-refractivity contribution in [1.29, 1.82) is 0 Å². The fraction of sp³-hybridized carbons (Fsp3) is 0.556. The normalized spacial score (nSPS) is 24.5. The van der Waals surface area contributed by atoms with E-state index in [1.54, 1.807) is 12.1 Å². The molecule has 2 saturated heterocycles. The zero-order chi connectivity index (χ0) is 17.1. The van der Waals surface area contributed by atoms with Crippen LogP contribution in [0.2, 0.25) is 0 Å². The Hall–Kier alpha value is -1.92. The van der Waals surface area contributed by atoms with Gasteiger partial charge in [0.05, 0.1) is 18.8 Å². The number of benzene rings is 1. The third-order valence-electron chi connectivity index (χ3n) is 5.00. The highest BCUT2D eigenvalue weighted by molar-refractivity contribution is 5.94. The molecule has 0 radical (unpaired) electrons. The minimum atomic E-state index is -0.446. The first-order valence-corrected chi connectivity index (χ1v) is 8.53. The molecule has 2 N–H and O–H groups in total. The van der Waals surface area contributed by atoms with Crippen LogP contribution in [0.3, 0.4) is 0 Å². The number of likely N-dealkylation sites (tertiary alicyclic amines) is 1. The molecule has 2 aliphatic heterocycles. The van der Waals surface area contributed by atoms with Gasteiger partial charge in [-0.2, -0.15) is 0 Å². The van der Waals surface area contributed by atoms with E-state index in [0.717, 1.165) is 25.1 Å². The van der Waals surface area contributed by atoms with Gasteiger partial charge in [0.25, 0.3) is 0 Å². The molecule has 0 unspecified atom stereocenters. The maximum Gasteiger partial charge on any atom is 0.248 e. The summed E-state index contributed by atoms with van der Waals surface area (Å²) in [6.45, 7) is 3.11. The smallest absolute Gasteiger partial charge is 0.248 e. The molecule has 24 heavy (non-hydrogen) atoms. The molecule has 2 aliphatic rings. The summed E-state index contributed by atoms with van der Waals surface area (Å²) in [6.07, 6.45) is 2.03. The molecule has 1 aromatic carbocycles. The minimum absolute atomic E-state index is 0.128. The molecule has 0 aromatic heterocycles. The van der Waals surface area contributed by atoms with E-state index in [1.165, 1.54) is 0 Å². The SMILES string of the molecule is CN1CC[C@H]2OCCN(C(=O)CCc3ccccc3C(N)=O)[C@H]2C1. The summed E-state index contributed by atoms with van der Waals surface area (Å²) in [6, 6.07) is 7.37. The van der Waals surface area contributed by atoms with Gasteiger partial charge >= 0.3 is 0 Å². The predicted molar refractivity (Wildman–Crippen MR) is 90.6 cm³/mol. The molecule has 2 fully saturated rings. The topological polar surface area (TPSA) is 75.9 Å². The van der Waals surface area contributed by atoms with E-state index in [1.807, 2.05) is 17.0 Å². The van der Waals surface area contributed by atoms with Crippen LogP contribution in [-0.2, 0) is 16.0 Å². The minimum Gasteiger partial charge on any atom is -0.374 e. The third kappa shape index (κ3) is 3.60. The molecule has 0 saturated carbocycles. The van der Waals surface area contributed by atoms with Crippen LogP contribution in [0.4, 0.5) is 0 Å². The fourth-order valence-corrected chi connectivity index (χ4v) is 3.70. The molecule has 1 aromatic rings. The van der Waals surface area contributed by atoms with Crippen LogP contribution in [0.5, 0.6) is 0 Å². The monoisotopic (exact) mass is 331 g/mol. The summed E-state index contributed by atoms with van der Waals surface area (Å²) in [5.41, 5.74) is 6.75. The molecule has 6 heteroatoms. The van der Waals surface area contributed by atoms with E-state index < -0.39 is 5.91 Å². The van der Waals surface area contributed by atoms with Gasteiger partial charge in [-0.3, -0.25) is 9.59 Å². The number of nitrogens with zero attached hydrogens (tertiary/aromatic N) is 2. The number of primary amides is 1. The van der Waals surface area contributed by atoms with Crippen LogP contribution in [0, 0.1) is 0 Å². The van der Waals surface area contributed by atoms with E-state index in [-0.39, 0.29) is 18.1 Å². The van der Waals surface area contributed by atoms with Crippen LogP contribution in [0.15, 0.2) is 24.3 Å². The maximum absolute atomic E-state index is 12.7. The number of ether oxygens (including phenoxy) is 1. The molecular weight excluding hydrogens is 306 g/mol. The second-order valence-electron chi connectivity index (χ2n) is 6.64. The van der Waals surface area contributed by atoms with Crippen LogP contribution in [-0.4, -0.2) is 67.0 Å². The number of morpholine rings is 1. The molecule has 3 rings (SSSR count). The lowest BCUT2D eigenvalue weighted by molar-refractivity contribution is -0.151. The first-order valence-electron chi connectivity index (χ1n) is 8.53. The van der Waals surface area contributed by atoms with Gasteiger partial charge < -0.3 is 20.3 Å². The summed E-state index contributed by atoms with van der Waals surface area (Å²) >= 11 is 0. The first-order chi connectivity index (χ1) is 11.6. The molecule has 2 atom stereocenters. The summed E-state index contributed by atoms with van der Waals surface area (Å²) in [7, 11) is 2.08. The van der Waals surface area contributed by atoms with Crippen molar-refractivity contribution in [3.63, 3.8) is 0 Å². The number of rotatable bonds is 4. The Balaban J connectivity index is 1.65. The number of aryl methyl sites for hydroxylation is 1. The Bertz CT molecular complexity index is 619. The van der Waals surface area contributed by atoms with Gasteiger partial charge in [-0.15, -0.1) is 0 Å². The summed E-state index contributed by atoms with van der Waals surface area (Å²) in [5, 5.41) is 0. The average molecular weight is 331 g/mol. The molecule has 2 amide bonds. The lowest BCUT2D eigenvalue weighted by Crippen LogP contribution is -2.60. The van der Waals surface area contributed by atoms with E-state index in [9.17, 15) is 9.59 Å². The van der Waals surface area contributed by atoms with Gasteiger partial charge in [-0.1, -0.05) is 18.2 Å². The highest BCUT2D eigenvalue weighted by Crippen LogP contribution is 2.23. The van der Waals surface area contributed by atoms with Crippen molar-refractivity contribution in [2.75, 3.05) is 33.3 Å². The predicted octanol–water partition coefficient (Wildman–Crippen LogP) is 0.650. The Kier molecular flexibility index (Phi) is 5.16. The summed E-state index contributed by atoms with van der Waals surface area (Å²) in [4.78, 5) is 28.5. The van der Waals surface area contributed by atoms with Gasteiger partial charge in [0.1, 0.15) is 0 Å². The van der Waals surface area contributed by atoms with Crippen LogP contribution in [0.1, 0.15) is 28.8 Å². The number of piperidine rings is 1. The van der Waals surface area contributed by atoms with Gasteiger partial charge in [0.15, 0.2) is 0 Å². The van der Waals surface area contributed by atoms with Crippen molar-refractivity contribution in [3.8, 4) is 0 Å². The Morgan fingerprint density at radius 2 is 2.08 bits per heavy atom. The van der Waals surface area contributed by atoms with E-state index in [0.29, 0.717) is 31.6 Å². The Morgan fingerprint density at radius 1 is 1.29 bits per heavy atom. The quantitative estimate of drug-likeness (QED) is 0.879. The molecule has 130 valence electrons. The van der Waals surface area contributed by atoms with Crippen molar-refractivity contribution in [2.24, 2.45) is 5.73 Å². The molecular formula is C18H25N3O3. The van der Waals surface area contributed by atoms with Crippen molar-refractivity contribution in [2.45, 2.75) is 31.4 Å². The molecule has 0 bridgehead atoms. The number of carbonyl (C=O) groups is 2. The van der Waals surface area contributed by atoms with E-state index in [2.05, 4.69) is 11.9 Å². The standard InChI is InChI=1S/C18H25N3O3/c1-20-9-8-16-15(12-20)21(10-11-24-16)17(22)7-6-13-4-2-3-5-14(13)18(19)23/h2-5,15-16H,6-12H2,1H3,(H2,19,23)/t15-,16+/m0/s1. The van der Waals surface area contributed by atoms with Crippen molar-refractivity contribution >= 4 is 11.8 Å². The molecule has 6 nitrogen and oxygen atoms in total. The van der Waals surface area contributed by atoms with E-state index >= 15 is 0 Å². The highest BCUT2D eigenvalue weighted by Gasteiger charge is 2.38. The van der Waals surface area contributed by atoms with Crippen LogP contribution < -0.4 is 5.73 Å². The Labute approximate surface area is 142 Å². The Morgan fingerprint density at radius 3 is 2.88 bits per heavy atom. The molecule has 2 heterocycles. The van der Waals surface area contributed by atoms with E-state index in [4.69, 9.17) is 10.5 Å². The van der Waals surface area contributed by atoms with Crippen LogP contribution in [0.25, 0.3) is 0 Å². The van der Waals surface area contributed by atoms with Gasteiger partial charge in [0.2, 0.25) is 11.8 Å². The largest absolute Gasteiger partial charge is 0.374 e. The third-order valence-corrected chi connectivity index (χ3v) is 5.00. The number of hydrogen-bond donors (Lipinski definition) is 1. The number of hydrogen-bond acceptors (Lipinski definition) is 4. The lowest BCUT2D eigenvalue weighted by Gasteiger charge is -2.46. The number of likely N-dealkylation sites (N-methyl/N-ethyl adjacent to an activating group) is 1. The van der Waals surface area contributed by atoms with Crippen molar-refractivity contribution in [3.05, 3.63) is 35.4 Å². The highest BCUT2D eigenvalue weighted by atomic mass is 16.5. The number of carbonyl (C=O) groups excluding carboxylic acids is 2. The second kappa shape index (κ2) is 7.32. The van der Waals surface area contributed by atoms with Crippen molar-refractivity contribution in [1.82, 2.24) is 9.80 Å². The van der Waals surface area contributed by atoms with Crippen LogP contribution >= 0.6 is 0 Å². The van der Waals surface area contributed by atoms with Gasteiger partial charge in [-0.25, -0.2) is 0 Å². The molecule has 0 aliphatic carbocycles. The maximum atomic E-state index is 12.7. The number of nitrogens with two attached hydrogens (primary N) is 1. The second-order valence-corrected chi connectivity index (χ2v) is 6.64. The first kappa shape index (κ1) is 16.9. The number of fused-ring (bicyclic) bond motifs is 1. The number of amides is 2.